The molecule has 0 radical (unpaired) electrons. The van der Waals surface area contributed by atoms with Crippen LogP contribution < -0.4 is 20.5 Å². The summed E-state index contributed by atoms with van der Waals surface area (Å²) in [7, 11) is 0. The Kier molecular flexibility index (Phi) is 5.96. The van der Waals surface area contributed by atoms with Gasteiger partial charge in [-0.25, -0.2) is 0 Å². The highest BCUT2D eigenvalue weighted by Crippen LogP contribution is 2.26. The molecule has 0 atom stereocenters. The summed E-state index contributed by atoms with van der Waals surface area (Å²) < 4.78 is 5.53. The summed E-state index contributed by atoms with van der Waals surface area (Å²) in [6, 6.07) is 13.8. The van der Waals surface area contributed by atoms with Crippen molar-refractivity contribution in [2.75, 3.05) is 24.6 Å². The molecule has 0 saturated carbocycles. The van der Waals surface area contributed by atoms with Gasteiger partial charge in [0.05, 0.1) is 6.54 Å². The quantitative estimate of drug-likeness (QED) is 0.796. The summed E-state index contributed by atoms with van der Waals surface area (Å²) in [5, 5.41) is 0. The highest BCUT2D eigenvalue weighted by molar-refractivity contribution is 5.85. The summed E-state index contributed by atoms with van der Waals surface area (Å²) in [5.74, 6) is 0.0106. The van der Waals surface area contributed by atoms with Crippen molar-refractivity contribution in [2.45, 2.75) is 26.7 Å². The number of hydrogen-bond donors (Lipinski definition) is 2. The van der Waals surface area contributed by atoms with Gasteiger partial charge in [-0.3, -0.25) is 20.4 Å². The normalized spacial score (nSPS) is 12.9. The zero-order valence-electron chi connectivity index (χ0n) is 15.7. The Morgan fingerprint density at radius 2 is 1.81 bits per heavy atom. The van der Waals surface area contributed by atoms with Gasteiger partial charge in [0.1, 0.15) is 5.75 Å². The van der Waals surface area contributed by atoms with E-state index >= 15 is 0 Å². The predicted molar refractivity (Wildman–Crippen MR) is 105 cm³/mol. The van der Waals surface area contributed by atoms with E-state index in [1.807, 2.05) is 55.1 Å². The number of nitrogens with one attached hydrogen (secondary N) is 2. The first-order valence-electron chi connectivity index (χ1n) is 9.14. The number of anilines is 1. The minimum absolute atomic E-state index is 0.156. The number of nitrogens with zero attached hydrogens (tertiary/aromatic N) is 1. The molecule has 6 nitrogen and oxygen atoms in total. The molecule has 0 saturated heterocycles. The minimum Gasteiger partial charge on any atom is -0.483 e. The fourth-order valence-electron chi connectivity index (χ4n) is 3.19. The number of hydrogen-bond acceptors (Lipinski definition) is 4. The van der Waals surface area contributed by atoms with Crippen molar-refractivity contribution in [3.63, 3.8) is 0 Å². The van der Waals surface area contributed by atoms with Crippen LogP contribution in [0.3, 0.4) is 0 Å². The summed E-state index contributed by atoms with van der Waals surface area (Å²) in [5.41, 5.74) is 9.31. The number of amides is 2. The average molecular weight is 367 g/mol. The number of benzene rings is 2. The largest absolute Gasteiger partial charge is 0.483 e. The highest BCUT2D eigenvalue weighted by atomic mass is 16.5. The molecule has 0 spiro atoms. The zero-order valence-corrected chi connectivity index (χ0v) is 15.7. The van der Waals surface area contributed by atoms with Gasteiger partial charge in [0.25, 0.3) is 11.8 Å². The van der Waals surface area contributed by atoms with E-state index in [-0.39, 0.29) is 19.1 Å². The second-order valence-electron chi connectivity index (χ2n) is 6.74. The van der Waals surface area contributed by atoms with Gasteiger partial charge in [-0.2, -0.15) is 0 Å². The van der Waals surface area contributed by atoms with Crippen LogP contribution in [-0.2, 0) is 16.0 Å². The third-order valence-electron chi connectivity index (χ3n) is 4.80. The van der Waals surface area contributed by atoms with Crippen molar-refractivity contribution < 1.29 is 14.3 Å². The van der Waals surface area contributed by atoms with E-state index in [1.165, 1.54) is 5.56 Å². The second kappa shape index (κ2) is 8.58. The number of carbonyl (C=O) groups is 2. The van der Waals surface area contributed by atoms with Gasteiger partial charge in [0.15, 0.2) is 6.61 Å². The third-order valence-corrected chi connectivity index (χ3v) is 4.80. The summed E-state index contributed by atoms with van der Waals surface area (Å²) in [6.45, 7) is 4.81. The molecule has 1 aliphatic rings. The van der Waals surface area contributed by atoms with Crippen molar-refractivity contribution in [3.05, 3.63) is 59.2 Å². The Morgan fingerprint density at radius 3 is 2.67 bits per heavy atom. The van der Waals surface area contributed by atoms with Gasteiger partial charge in [-0.05, 0) is 55.5 Å². The first-order valence-corrected chi connectivity index (χ1v) is 9.14. The highest BCUT2D eigenvalue weighted by Gasteiger charge is 2.18. The van der Waals surface area contributed by atoms with Gasteiger partial charge < -0.3 is 9.64 Å². The molecule has 2 amide bonds. The lowest BCUT2D eigenvalue weighted by Crippen LogP contribution is -2.48. The molecule has 0 fully saturated rings. The fourth-order valence-corrected chi connectivity index (χ4v) is 3.19. The van der Waals surface area contributed by atoms with Crippen LogP contribution >= 0.6 is 0 Å². The maximum absolute atomic E-state index is 12.2. The number of carbonyl (C=O) groups excluding carboxylic acids is 2. The Hall–Kier alpha value is -3.02. The summed E-state index contributed by atoms with van der Waals surface area (Å²) in [6.07, 6.45) is 2.04. The van der Waals surface area contributed by atoms with Crippen LogP contribution in [0.5, 0.6) is 5.75 Å². The number of rotatable bonds is 5. The van der Waals surface area contributed by atoms with Gasteiger partial charge >= 0.3 is 0 Å². The first kappa shape index (κ1) is 18.8. The van der Waals surface area contributed by atoms with Crippen molar-refractivity contribution in [2.24, 2.45) is 0 Å². The second-order valence-corrected chi connectivity index (χ2v) is 6.74. The van der Waals surface area contributed by atoms with Crippen LogP contribution in [0.2, 0.25) is 0 Å². The van der Waals surface area contributed by atoms with E-state index in [2.05, 4.69) is 16.9 Å². The van der Waals surface area contributed by atoms with Gasteiger partial charge in [-0.1, -0.05) is 30.3 Å². The number of aryl methyl sites for hydroxylation is 2. The predicted octanol–water partition coefficient (Wildman–Crippen LogP) is 2.28. The van der Waals surface area contributed by atoms with Crippen LogP contribution in [-0.4, -0.2) is 31.5 Å². The topological polar surface area (TPSA) is 70.7 Å². The van der Waals surface area contributed by atoms with Crippen LogP contribution in [0.4, 0.5) is 5.69 Å². The fraction of sp³-hybridized carbons (Fsp3) is 0.333. The summed E-state index contributed by atoms with van der Waals surface area (Å²) in [4.78, 5) is 26.2. The number of hydrazine groups is 1. The summed E-state index contributed by atoms with van der Waals surface area (Å²) >= 11 is 0. The van der Waals surface area contributed by atoms with Crippen LogP contribution in [0.1, 0.15) is 23.1 Å². The maximum Gasteiger partial charge on any atom is 0.276 e. The van der Waals surface area contributed by atoms with Crippen LogP contribution in [0.25, 0.3) is 0 Å². The van der Waals surface area contributed by atoms with E-state index in [0.29, 0.717) is 5.75 Å². The van der Waals surface area contributed by atoms with E-state index in [1.54, 1.807) is 0 Å². The van der Waals surface area contributed by atoms with E-state index in [4.69, 9.17) is 4.74 Å². The van der Waals surface area contributed by atoms with Crippen LogP contribution in [0, 0.1) is 13.8 Å². The van der Waals surface area contributed by atoms with Gasteiger partial charge in [0.2, 0.25) is 0 Å². The zero-order chi connectivity index (χ0) is 19.2. The standard InChI is InChI=1S/C21H25N3O3/c1-15-7-5-11-19(16(15)2)27-14-21(26)23-22-20(25)13-24-12-6-9-17-8-3-4-10-18(17)24/h3-5,7-8,10-11H,6,9,12-14H2,1-2H3,(H,22,25)(H,23,26). The molecule has 0 unspecified atom stereocenters. The molecule has 142 valence electrons. The molecule has 0 bridgehead atoms. The van der Waals surface area contributed by atoms with E-state index in [9.17, 15) is 9.59 Å². The molecule has 27 heavy (non-hydrogen) atoms. The molecule has 0 aliphatic carbocycles. The first-order chi connectivity index (χ1) is 13.0. The average Bonchev–Trinajstić information content (AvgIpc) is 2.68. The Bertz CT molecular complexity index is 835. The molecule has 1 aliphatic heterocycles. The Balaban J connectivity index is 1.45. The molecular weight excluding hydrogens is 342 g/mol. The molecule has 0 aromatic heterocycles. The molecule has 6 heteroatoms. The lowest BCUT2D eigenvalue weighted by atomic mass is 10.0. The Morgan fingerprint density at radius 1 is 1.04 bits per heavy atom. The van der Waals surface area contributed by atoms with Crippen molar-refractivity contribution in [3.8, 4) is 5.75 Å². The van der Waals surface area contributed by atoms with Crippen molar-refractivity contribution in [1.82, 2.24) is 10.9 Å². The number of fused-ring (bicyclic) bond motifs is 1. The molecule has 1 heterocycles. The lowest BCUT2D eigenvalue weighted by molar-refractivity contribution is -0.129. The monoisotopic (exact) mass is 367 g/mol. The Labute approximate surface area is 159 Å². The molecular formula is C21H25N3O3. The molecule has 2 N–H and O–H groups in total. The molecule has 2 aromatic rings. The van der Waals surface area contributed by atoms with E-state index in [0.717, 1.165) is 36.2 Å². The van der Waals surface area contributed by atoms with Crippen LogP contribution in [0.15, 0.2) is 42.5 Å². The van der Waals surface area contributed by atoms with Gasteiger partial charge in [-0.15, -0.1) is 0 Å². The number of ether oxygens (including phenoxy) is 1. The van der Waals surface area contributed by atoms with Crippen molar-refractivity contribution >= 4 is 17.5 Å². The SMILES string of the molecule is Cc1cccc(OCC(=O)NNC(=O)CN2CCCc3ccccc32)c1C. The number of para-hydroxylation sites is 1. The molecule has 2 aromatic carbocycles. The maximum atomic E-state index is 12.2. The van der Waals surface area contributed by atoms with Gasteiger partial charge in [0, 0.05) is 12.2 Å². The van der Waals surface area contributed by atoms with E-state index < -0.39 is 5.91 Å². The third kappa shape index (κ3) is 4.78. The lowest BCUT2D eigenvalue weighted by Gasteiger charge is -2.30. The van der Waals surface area contributed by atoms with Crippen molar-refractivity contribution in [1.29, 1.82) is 0 Å². The molecule has 3 rings (SSSR count). The minimum atomic E-state index is -0.400. The smallest absolute Gasteiger partial charge is 0.276 e.